The van der Waals surface area contributed by atoms with E-state index in [0.717, 1.165) is 26.1 Å². The maximum atomic E-state index is 6.03. The summed E-state index contributed by atoms with van der Waals surface area (Å²) in [6.45, 7) is 7.65. The van der Waals surface area contributed by atoms with Crippen LogP contribution in [0.3, 0.4) is 0 Å². The van der Waals surface area contributed by atoms with Crippen molar-refractivity contribution < 1.29 is 0 Å². The Morgan fingerprint density at radius 3 is 2.07 bits per heavy atom. The smallest absolute Gasteiger partial charge is 0.0170 e. The molecule has 2 N–H and O–H groups in total. The number of hydrogen-bond donors (Lipinski definition) is 1. The van der Waals surface area contributed by atoms with E-state index in [0.29, 0.717) is 12.0 Å². The first-order chi connectivity index (χ1) is 6.41. The molecule has 0 aliphatic carbocycles. The van der Waals surface area contributed by atoms with Crippen molar-refractivity contribution in [2.45, 2.75) is 26.3 Å². The van der Waals surface area contributed by atoms with Gasteiger partial charge in [0.25, 0.3) is 0 Å². The van der Waals surface area contributed by atoms with Crippen LogP contribution in [-0.2, 0) is 0 Å². The van der Waals surface area contributed by atoms with E-state index in [4.69, 9.17) is 5.73 Å². The molecule has 0 saturated heterocycles. The van der Waals surface area contributed by atoms with Gasteiger partial charge in [0.2, 0.25) is 0 Å². The fourth-order valence-electron chi connectivity index (χ4n) is 1.54. The van der Waals surface area contributed by atoms with Crippen LogP contribution in [0.25, 0.3) is 0 Å². The summed E-state index contributed by atoms with van der Waals surface area (Å²) in [5.74, 6) is 0.701. The van der Waals surface area contributed by atoms with Crippen molar-refractivity contribution in [2.24, 2.45) is 11.7 Å². The molecule has 14 heavy (non-hydrogen) atoms. The summed E-state index contributed by atoms with van der Waals surface area (Å²) in [4.78, 5) is 4.51. The van der Waals surface area contributed by atoms with Crippen LogP contribution in [0, 0.1) is 5.92 Å². The van der Waals surface area contributed by atoms with E-state index in [1.54, 1.807) is 0 Å². The normalized spacial score (nSPS) is 14.4. The van der Waals surface area contributed by atoms with Crippen LogP contribution in [0.2, 0.25) is 0 Å². The predicted octanol–water partition coefficient (Wildman–Crippen LogP) is 0.853. The van der Waals surface area contributed by atoms with Gasteiger partial charge in [-0.25, -0.2) is 0 Å². The lowest BCUT2D eigenvalue weighted by Crippen LogP contribution is -2.39. The van der Waals surface area contributed by atoms with E-state index >= 15 is 0 Å². The van der Waals surface area contributed by atoms with E-state index < -0.39 is 0 Å². The maximum Gasteiger partial charge on any atom is 0.0170 e. The van der Waals surface area contributed by atoms with Gasteiger partial charge in [0.05, 0.1) is 0 Å². The quantitative estimate of drug-likeness (QED) is 0.663. The summed E-state index contributed by atoms with van der Waals surface area (Å²) in [6.07, 6.45) is 1.12. The highest BCUT2D eigenvalue weighted by Gasteiger charge is 2.08. The molecule has 0 heterocycles. The van der Waals surface area contributed by atoms with Crippen LogP contribution in [0.1, 0.15) is 20.3 Å². The molecule has 86 valence electrons. The van der Waals surface area contributed by atoms with E-state index in [-0.39, 0.29) is 0 Å². The van der Waals surface area contributed by atoms with Crippen LogP contribution >= 0.6 is 0 Å². The Morgan fingerprint density at radius 2 is 1.64 bits per heavy atom. The lowest BCUT2D eigenvalue weighted by molar-refractivity contribution is 0.259. The summed E-state index contributed by atoms with van der Waals surface area (Å²) in [7, 11) is 6.34. The summed E-state index contributed by atoms with van der Waals surface area (Å²) in [5, 5.41) is 0. The Morgan fingerprint density at radius 1 is 1.07 bits per heavy atom. The van der Waals surface area contributed by atoms with Gasteiger partial charge in [-0.2, -0.15) is 0 Å². The molecule has 3 heteroatoms. The van der Waals surface area contributed by atoms with Gasteiger partial charge < -0.3 is 15.5 Å². The Bertz CT molecular complexity index is 134. The second-order valence-corrected chi connectivity index (χ2v) is 4.96. The molecule has 0 bridgehead atoms. The van der Waals surface area contributed by atoms with Gasteiger partial charge in [0.1, 0.15) is 0 Å². The van der Waals surface area contributed by atoms with Crippen molar-refractivity contribution in [1.82, 2.24) is 9.80 Å². The number of likely N-dealkylation sites (N-methyl/N-ethyl adjacent to an activating group) is 2. The minimum absolute atomic E-state index is 0.321. The Kier molecular flexibility index (Phi) is 7.15. The molecule has 0 amide bonds. The van der Waals surface area contributed by atoms with Gasteiger partial charge in [-0.3, -0.25) is 0 Å². The monoisotopic (exact) mass is 201 g/mol. The molecule has 1 unspecified atom stereocenters. The van der Waals surface area contributed by atoms with Gasteiger partial charge in [-0.1, -0.05) is 13.8 Å². The van der Waals surface area contributed by atoms with E-state index in [1.165, 1.54) is 0 Å². The van der Waals surface area contributed by atoms with E-state index in [9.17, 15) is 0 Å². The van der Waals surface area contributed by atoms with Crippen molar-refractivity contribution in [3.05, 3.63) is 0 Å². The highest BCUT2D eigenvalue weighted by atomic mass is 15.2. The number of nitrogens with zero attached hydrogens (tertiary/aromatic N) is 2. The zero-order valence-electron chi connectivity index (χ0n) is 10.5. The zero-order valence-corrected chi connectivity index (χ0v) is 10.5. The topological polar surface area (TPSA) is 32.5 Å². The molecule has 0 aliphatic rings. The molecular formula is C11H27N3. The largest absolute Gasteiger partial charge is 0.327 e. The van der Waals surface area contributed by atoms with Crippen molar-refractivity contribution in [2.75, 3.05) is 40.8 Å². The van der Waals surface area contributed by atoms with Gasteiger partial charge in [0.15, 0.2) is 0 Å². The number of nitrogens with two attached hydrogens (primary N) is 1. The molecule has 0 spiro atoms. The second kappa shape index (κ2) is 7.21. The summed E-state index contributed by atoms with van der Waals surface area (Å²) in [5.41, 5.74) is 6.03. The molecule has 1 atom stereocenters. The van der Waals surface area contributed by atoms with Crippen molar-refractivity contribution in [1.29, 1.82) is 0 Å². The standard InChI is InChI=1S/C11H27N3/c1-10(2)8-11(12)9-14(5)7-6-13(3)4/h10-11H,6-9,12H2,1-5H3. The zero-order chi connectivity index (χ0) is 11.1. The molecule has 0 aromatic carbocycles. The third-order valence-corrected chi connectivity index (χ3v) is 2.25. The summed E-state index contributed by atoms with van der Waals surface area (Å²) < 4.78 is 0. The van der Waals surface area contributed by atoms with Crippen molar-refractivity contribution >= 4 is 0 Å². The third-order valence-electron chi connectivity index (χ3n) is 2.25. The van der Waals surface area contributed by atoms with Crippen LogP contribution < -0.4 is 5.73 Å². The molecule has 0 radical (unpaired) electrons. The lowest BCUT2D eigenvalue weighted by atomic mass is 10.0. The predicted molar refractivity (Wildman–Crippen MR) is 63.5 cm³/mol. The number of rotatable bonds is 7. The van der Waals surface area contributed by atoms with Gasteiger partial charge in [-0.05, 0) is 33.5 Å². The fourth-order valence-corrected chi connectivity index (χ4v) is 1.54. The first-order valence-corrected chi connectivity index (χ1v) is 5.50. The van der Waals surface area contributed by atoms with Gasteiger partial charge >= 0.3 is 0 Å². The van der Waals surface area contributed by atoms with Crippen molar-refractivity contribution in [3.63, 3.8) is 0 Å². The highest BCUT2D eigenvalue weighted by Crippen LogP contribution is 2.03. The molecule has 0 aliphatic heterocycles. The maximum absolute atomic E-state index is 6.03. The Balaban J connectivity index is 3.55. The lowest BCUT2D eigenvalue weighted by Gasteiger charge is -2.23. The Hall–Kier alpha value is -0.120. The average Bonchev–Trinajstić information content (AvgIpc) is 1.98. The second-order valence-electron chi connectivity index (χ2n) is 4.96. The highest BCUT2D eigenvalue weighted by molar-refractivity contribution is 4.68. The molecule has 0 fully saturated rings. The van der Waals surface area contributed by atoms with Crippen LogP contribution in [0.15, 0.2) is 0 Å². The number of hydrogen-bond acceptors (Lipinski definition) is 3. The molecule has 0 aromatic heterocycles. The third kappa shape index (κ3) is 8.48. The first kappa shape index (κ1) is 13.9. The van der Waals surface area contributed by atoms with Crippen LogP contribution in [0.5, 0.6) is 0 Å². The minimum Gasteiger partial charge on any atom is -0.327 e. The molecule has 3 nitrogen and oxygen atoms in total. The molecule has 0 aromatic rings. The van der Waals surface area contributed by atoms with Gasteiger partial charge in [0, 0.05) is 25.7 Å². The van der Waals surface area contributed by atoms with E-state index in [2.05, 4.69) is 44.8 Å². The Labute approximate surface area is 89.2 Å². The van der Waals surface area contributed by atoms with Crippen LogP contribution in [0.4, 0.5) is 0 Å². The average molecular weight is 201 g/mol. The summed E-state index contributed by atoms with van der Waals surface area (Å²) >= 11 is 0. The molecule has 0 saturated carbocycles. The molecular weight excluding hydrogens is 174 g/mol. The SMILES string of the molecule is CC(C)CC(N)CN(C)CCN(C)C. The van der Waals surface area contributed by atoms with Gasteiger partial charge in [-0.15, -0.1) is 0 Å². The first-order valence-electron chi connectivity index (χ1n) is 5.50. The van der Waals surface area contributed by atoms with Crippen LogP contribution in [-0.4, -0.2) is 56.6 Å². The van der Waals surface area contributed by atoms with Crippen molar-refractivity contribution in [3.8, 4) is 0 Å². The van der Waals surface area contributed by atoms with E-state index in [1.807, 2.05) is 0 Å². The fraction of sp³-hybridized carbons (Fsp3) is 1.00. The summed E-state index contributed by atoms with van der Waals surface area (Å²) in [6, 6.07) is 0.321. The minimum atomic E-state index is 0.321. The molecule has 0 rings (SSSR count).